The normalized spacial score (nSPS) is 42.5. The summed E-state index contributed by atoms with van der Waals surface area (Å²) in [5.74, 6) is 3.43. The number of allylic oxidation sites excluding steroid dienone is 4. The molecule has 0 bridgehead atoms. The lowest BCUT2D eigenvalue weighted by atomic mass is 9.46. The van der Waals surface area contributed by atoms with E-state index in [0.717, 1.165) is 23.7 Å². The Morgan fingerprint density at radius 3 is 2.45 bits per heavy atom. The summed E-state index contributed by atoms with van der Waals surface area (Å²) in [6, 6.07) is 0. The molecule has 2 fully saturated rings. The van der Waals surface area contributed by atoms with Crippen LogP contribution in [0.2, 0.25) is 0 Å². The van der Waals surface area contributed by atoms with Gasteiger partial charge >= 0.3 is 0 Å². The van der Waals surface area contributed by atoms with Gasteiger partial charge in [0.25, 0.3) is 0 Å². The van der Waals surface area contributed by atoms with Gasteiger partial charge in [0.2, 0.25) is 0 Å². The lowest BCUT2D eigenvalue weighted by Gasteiger charge is -2.60. The van der Waals surface area contributed by atoms with E-state index in [1.807, 2.05) is 18.3 Å². The molecule has 0 spiro atoms. The zero-order valence-electron chi connectivity index (χ0n) is 21.9. The Bertz CT molecular complexity index is 738. The second-order valence-corrected chi connectivity index (χ2v) is 13.2. The van der Waals surface area contributed by atoms with Gasteiger partial charge in [0.15, 0.2) is 0 Å². The van der Waals surface area contributed by atoms with Crippen LogP contribution in [0.1, 0.15) is 113 Å². The molecule has 4 aliphatic carbocycles. The van der Waals surface area contributed by atoms with Crippen LogP contribution in [0.15, 0.2) is 22.8 Å². The molecule has 0 amide bonds. The zero-order valence-corrected chi connectivity index (χ0v) is 21.9. The Morgan fingerprint density at radius 2 is 1.77 bits per heavy atom. The Morgan fingerprint density at radius 1 is 1.03 bits per heavy atom. The van der Waals surface area contributed by atoms with Crippen molar-refractivity contribution in [2.24, 2.45) is 39.9 Å². The molecule has 4 aliphatic rings. The van der Waals surface area contributed by atoms with E-state index in [-0.39, 0.29) is 0 Å². The third-order valence-corrected chi connectivity index (χ3v) is 11.1. The summed E-state index contributed by atoms with van der Waals surface area (Å²) in [4.78, 5) is 0. The average molecular weight is 427 g/mol. The van der Waals surface area contributed by atoms with E-state index >= 15 is 0 Å². The van der Waals surface area contributed by atoms with Crippen molar-refractivity contribution in [3.63, 3.8) is 0 Å². The Labute approximate surface area is 193 Å². The third kappa shape index (κ3) is 3.70. The molecule has 1 heteroatoms. The molecule has 0 N–H and O–H groups in total. The van der Waals surface area contributed by atoms with E-state index < -0.39 is 0 Å². The molecule has 4 rings (SSSR count). The highest BCUT2D eigenvalue weighted by Crippen LogP contribution is 2.68. The quantitative estimate of drug-likeness (QED) is 0.399. The van der Waals surface area contributed by atoms with Crippen LogP contribution in [0.4, 0.5) is 0 Å². The highest BCUT2D eigenvalue weighted by atomic mass is 16.5. The number of fused-ring (bicyclic) bond motifs is 4. The first-order valence-electron chi connectivity index (χ1n) is 13.4. The Kier molecular flexibility index (Phi) is 6.35. The van der Waals surface area contributed by atoms with Crippen LogP contribution in [0.25, 0.3) is 0 Å². The number of hydrogen-bond donors (Lipinski definition) is 0. The molecule has 0 aliphatic heterocycles. The molecular weight excluding hydrogens is 376 g/mol. The summed E-state index contributed by atoms with van der Waals surface area (Å²) in [7, 11) is 1.94. The minimum absolute atomic E-state index is 0.290. The lowest BCUT2D eigenvalue weighted by molar-refractivity contribution is -0.110. The maximum absolute atomic E-state index is 5.99. The maximum Gasteiger partial charge on any atom is 0.0625 e. The first-order valence-corrected chi connectivity index (χ1v) is 13.4. The van der Waals surface area contributed by atoms with Crippen LogP contribution in [-0.4, -0.2) is 13.2 Å². The van der Waals surface area contributed by atoms with Gasteiger partial charge in [0, 0.05) is 7.11 Å². The first-order chi connectivity index (χ1) is 14.6. The van der Waals surface area contributed by atoms with Crippen LogP contribution in [-0.2, 0) is 4.74 Å². The van der Waals surface area contributed by atoms with Crippen LogP contribution in [0.3, 0.4) is 0 Å². The molecule has 31 heavy (non-hydrogen) atoms. The molecule has 2 unspecified atom stereocenters. The van der Waals surface area contributed by atoms with Gasteiger partial charge in [-0.25, -0.2) is 0 Å². The predicted octanol–water partition coefficient (Wildman–Crippen LogP) is 8.74. The number of ether oxygens (including phenoxy) is 1. The van der Waals surface area contributed by atoms with Crippen molar-refractivity contribution in [3.8, 4) is 0 Å². The average Bonchev–Trinajstić information content (AvgIpc) is 3.04. The van der Waals surface area contributed by atoms with Crippen LogP contribution in [0.5, 0.6) is 0 Å². The second-order valence-electron chi connectivity index (χ2n) is 13.2. The zero-order chi connectivity index (χ0) is 22.6. The summed E-state index contributed by atoms with van der Waals surface area (Å²) in [6.45, 7) is 17.4. The van der Waals surface area contributed by atoms with Crippen molar-refractivity contribution >= 4 is 0 Å². The van der Waals surface area contributed by atoms with Crippen molar-refractivity contribution < 1.29 is 4.74 Å². The maximum atomic E-state index is 5.99. The van der Waals surface area contributed by atoms with E-state index in [1.54, 1.807) is 0 Å². The topological polar surface area (TPSA) is 9.23 Å². The smallest absolute Gasteiger partial charge is 0.0625 e. The van der Waals surface area contributed by atoms with Crippen molar-refractivity contribution in [1.82, 2.24) is 0 Å². The first kappa shape index (κ1) is 23.6. The molecule has 1 nitrogen and oxygen atoms in total. The van der Waals surface area contributed by atoms with Crippen LogP contribution >= 0.6 is 0 Å². The largest absolute Gasteiger partial charge is 0.381 e. The van der Waals surface area contributed by atoms with Crippen molar-refractivity contribution in [2.45, 2.75) is 119 Å². The van der Waals surface area contributed by atoms with E-state index in [1.165, 1.54) is 69.8 Å². The molecule has 7 atom stereocenters. The molecule has 0 aromatic carbocycles. The van der Waals surface area contributed by atoms with Crippen LogP contribution < -0.4 is 0 Å². The van der Waals surface area contributed by atoms with E-state index in [2.05, 4.69) is 54.5 Å². The highest BCUT2D eigenvalue weighted by molar-refractivity contribution is 5.35. The summed E-state index contributed by atoms with van der Waals surface area (Å²) in [5, 5.41) is 0. The number of methoxy groups -OCH3 is 1. The van der Waals surface area contributed by atoms with Gasteiger partial charge in [0.05, 0.1) is 6.10 Å². The summed E-state index contributed by atoms with van der Waals surface area (Å²) >= 11 is 0. The fourth-order valence-electron chi connectivity index (χ4n) is 9.51. The monoisotopic (exact) mass is 426 g/mol. The number of rotatable bonds is 5. The number of hydrogen-bond acceptors (Lipinski definition) is 1. The molecule has 0 heterocycles. The predicted molar refractivity (Wildman–Crippen MR) is 133 cm³/mol. The van der Waals surface area contributed by atoms with Gasteiger partial charge in [-0.3, -0.25) is 0 Å². The summed E-state index contributed by atoms with van der Waals surface area (Å²) < 4.78 is 5.99. The molecule has 176 valence electrons. The minimum Gasteiger partial charge on any atom is -0.381 e. The molecular formula is C30H50O. The molecule has 0 saturated heterocycles. The van der Waals surface area contributed by atoms with Gasteiger partial charge < -0.3 is 4.74 Å². The molecule has 2 saturated carbocycles. The van der Waals surface area contributed by atoms with Crippen molar-refractivity contribution in [3.05, 3.63) is 22.8 Å². The van der Waals surface area contributed by atoms with Gasteiger partial charge in [-0.2, -0.15) is 0 Å². The molecule has 0 aromatic heterocycles. The second kappa shape index (κ2) is 8.34. The Hall–Kier alpha value is -0.560. The minimum atomic E-state index is 0.290. The van der Waals surface area contributed by atoms with E-state index in [0.29, 0.717) is 22.3 Å². The van der Waals surface area contributed by atoms with Gasteiger partial charge in [-0.1, -0.05) is 57.4 Å². The summed E-state index contributed by atoms with van der Waals surface area (Å²) in [5.41, 5.74) is 6.60. The highest BCUT2D eigenvalue weighted by Gasteiger charge is 2.59. The van der Waals surface area contributed by atoms with Crippen molar-refractivity contribution in [2.75, 3.05) is 7.11 Å². The van der Waals surface area contributed by atoms with E-state index in [9.17, 15) is 0 Å². The van der Waals surface area contributed by atoms with Gasteiger partial charge in [-0.05, 0) is 118 Å². The van der Waals surface area contributed by atoms with E-state index in [4.69, 9.17) is 4.74 Å². The Balaban J connectivity index is 1.58. The molecule has 0 radical (unpaired) electrons. The fourth-order valence-corrected chi connectivity index (χ4v) is 9.51. The fraction of sp³-hybridized carbons (Fsp3) is 0.867. The SMILES string of the molecule is CO[C@H]1CC[C@]2(C)C3=C(CCC2C1(C)C)C1CC[C@H]([C@H](C)CCC=C(C)C)[C@@]1(C)CC3. The standard InChI is InChI=1S/C30H50O/c1-20(2)10-9-11-21(3)23-13-14-24-22-12-15-26-28(4,5)27(31-8)17-19-30(26,7)25(22)16-18-29(23,24)6/h10,21,23-24,26-27H,9,11-19H2,1-8H3/t21-,23-,24?,26?,27+,29-,30-/m1/s1. The molecule has 0 aromatic rings. The van der Waals surface area contributed by atoms with Gasteiger partial charge in [0.1, 0.15) is 0 Å². The summed E-state index contributed by atoms with van der Waals surface area (Å²) in [6.07, 6.45) is 16.6. The van der Waals surface area contributed by atoms with Gasteiger partial charge in [-0.15, -0.1) is 0 Å². The van der Waals surface area contributed by atoms with Crippen molar-refractivity contribution in [1.29, 1.82) is 0 Å². The lowest BCUT2D eigenvalue weighted by Crippen LogP contribution is -2.54. The van der Waals surface area contributed by atoms with Crippen LogP contribution in [0, 0.1) is 39.9 Å². The third-order valence-electron chi connectivity index (χ3n) is 11.1.